The Bertz CT molecular complexity index is 808. The smallest absolute Gasteiger partial charge is 0.263 e. The SMILES string of the molecule is NC(=S)c1ccc(Br)cc1NS(=O)(=O)c1ccccc1Br. The van der Waals surface area contributed by atoms with Gasteiger partial charge in [-0.3, -0.25) is 4.72 Å². The van der Waals surface area contributed by atoms with Gasteiger partial charge in [0, 0.05) is 14.5 Å². The van der Waals surface area contributed by atoms with Crippen LogP contribution in [0.1, 0.15) is 5.56 Å². The zero-order valence-corrected chi connectivity index (χ0v) is 15.3. The Hall–Kier alpha value is -0.960. The number of sulfonamides is 1. The molecule has 0 atom stereocenters. The van der Waals surface area contributed by atoms with Gasteiger partial charge < -0.3 is 5.73 Å². The molecule has 0 spiro atoms. The Morgan fingerprint density at radius 2 is 1.81 bits per heavy atom. The van der Waals surface area contributed by atoms with Gasteiger partial charge in [0.25, 0.3) is 10.0 Å². The molecule has 0 aliphatic carbocycles. The molecule has 0 aliphatic rings. The van der Waals surface area contributed by atoms with Crippen molar-refractivity contribution in [1.82, 2.24) is 0 Å². The van der Waals surface area contributed by atoms with E-state index in [9.17, 15) is 8.42 Å². The van der Waals surface area contributed by atoms with Crippen LogP contribution < -0.4 is 10.5 Å². The summed E-state index contributed by atoms with van der Waals surface area (Å²) in [5, 5.41) is 0. The summed E-state index contributed by atoms with van der Waals surface area (Å²) in [7, 11) is -3.75. The van der Waals surface area contributed by atoms with Gasteiger partial charge in [0.05, 0.1) is 5.69 Å². The molecular weight excluding hydrogens is 440 g/mol. The zero-order valence-electron chi connectivity index (χ0n) is 10.5. The van der Waals surface area contributed by atoms with Crippen molar-refractivity contribution >= 4 is 64.8 Å². The maximum Gasteiger partial charge on any atom is 0.263 e. The summed E-state index contributed by atoms with van der Waals surface area (Å²) in [6.45, 7) is 0. The van der Waals surface area contributed by atoms with E-state index in [2.05, 4.69) is 36.6 Å². The minimum absolute atomic E-state index is 0.118. The molecule has 4 nitrogen and oxygen atoms in total. The number of halogens is 2. The third-order valence-corrected chi connectivity index (χ3v) is 5.71. The molecule has 21 heavy (non-hydrogen) atoms. The number of anilines is 1. The van der Waals surface area contributed by atoms with E-state index in [0.717, 1.165) is 0 Å². The molecular formula is C13H10Br2N2O2S2. The van der Waals surface area contributed by atoms with E-state index >= 15 is 0 Å². The van der Waals surface area contributed by atoms with E-state index in [0.29, 0.717) is 20.2 Å². The molecule has 0 saturated carbocycles. The van der Waals surface area contributed by atoms with Gasteiger partial charge >= 0.3 is 0 Å². The predicted octanol–water partition coefficient (Wildman–Crippen LogP) is 3.65. The highest BCUT2D eigenvalue weighted by molar-refractivity contribution is 9.10. The van der Waals surface area contributed by atoms with Crippen LogP contribution in [0.15, 0.2) is 56.3 Å². The minimum atomic E-state index is -3.75. The van der Waals surface area contributed by atoms with Gasteiger partial charge in [0.1, 0.15) is 9.88 Å². The van der Waals surface area contributed by atoms with E-state index in [4.69, 9.17) is 18.0 Å². The van der Waals surface area contributed by atoms with Crippen LogP contribution in [0.3, 0.4) is 0 Å². The lowest BCUT2D eigenvalue weighted by Gasteiger charge is -2.13. The summed E-state index contributed by atoms with van der Waals surface area (Å²) in [6.07, 6.45) is 0. The second-order valence-electron chi connectivity index (χ2n) is 4.09. The molecule has 0 saturated heterocycles. The van der Waals surface area contributed by atoms with Gasteiger partial charge in [0.2, 0.25) is 0 Å². The molecule has 110 valence electrons. The first-order valence-corrected chi connectivity index (χ1v) is 9.16. The van der Waals surface area contributed by atoms with E-state index < -0.39 is 10.0 Å². The van der Waals surface area contributed by atoms with Crippen LogP contribution in [0.4, 0.5) is 5.69 Å². The summed E-state index contributed by atoms with van der Waals surface area (Å²) in [5.74, 6) is 0. The van der Waals surface area contributed by atoms with Crippen molar-refractivity contribution in [2.75, 3.05) is 4.72 Å². The lowest BCUT2D eigenvalue weighted by atomic mass is 10.2. The first-order valence-electron chi connectivity index (χ1n) is 5.68. The first-order chi connectivity index (χ1) is 9.81. The topological polar surface area (TPSA) is 72.2 Å². The number of nitrogens with one attached hydrogen (secondary N) is 1. The molecule has 0 amide bonds. The van der Waals surface area contributed by atoms with E-state index in [1.54, 1.807) is 36.4 Å². The quantitative estimate of drug-likeness (QED) is 0.698. The second-order valence-corrected chi connectivity index (χ2v) is 7.95. The maximum absolute atomic E-state index is 12.5. The molecule has 0 unspecified atom stereocenters. The fraction of sp³-hybridized carbons (Fsp3) is 0. The Labute approximate surface area is 145 Å². The largest absolute Gasteiger partial charge is 0.389 e. The van der Waals surface area contributed by atoms with Crippen molar-refractivity contribution in [2.45, 2.75) is 4.90 Å². The standard InChI is InChI=1S/C13H10Br2N2O2S2/c14-8-5-6-9(13(16)20)11(7-8)17-21(18,19)12-4-2-1-3-10(12)15/h1-7,17H,(H2,16,20). The van der Waals surface area contributed by atoms with Crippen LogP contribution in [0.2, 0.25) is 0 Å². The van der Waals surface area contributed by atoms with Crippen LogP contribution >= 0.6 is 44.1 Å². The fourth-order valence-corrected chi connectivity index (χ4v) is 4.29. The van der Waals surface area contributed by atoms with Gasteiger partial charge in [0.15, 0.2) is 0 Å². The monoisotopic (exact) mass is 448 g/mol. The molecule has 3 N–H and O–H groups in total. The molecule has 0 radical (unpaired) electrons. The van der Waals surface area contributed by atoms with Crippen molar-refractivity contribution in [3.63, 3.8) is 0 Å². The van der Waals surface area contributed by atoms with Crippen LogP contribution in [-0.4, -0.2) is 13.4 Å². The van der Waals surface area contributed by atoms with Crippen LogP contribution in [0.5, 0.6) is 0 Å². The number of thiocarbonyl (C=S) groups is 1. The summed E-state index contributed by atoms with van der Waals surface area (Å²) >= 11 is 11.5. The van der Waals surface area contributed by atoms with Gasteiger partial charge in [-0.25, -0.2) is 8.42 Å². The van der Waals surface area contributed by atoms with E-state index in [-0.39, 0.29) is 9.88 Å². The third-order valence-electron chi connectivity index (χ3n) is 2.62. The highest BCUT2D eigenvalue weighted by atomic mass is 79.9. The molecule has 2 aromatic carbocycles. The lowest BCUT2D eigenvalue weighted by molar-refractivity contribution is 0.601. The third kappa shape index (κ3) is 3.82. The Morgan fingerprint density at radius 1 is 1.14 bits per heavy atom. The minimum Gasteiger partial charge on any atom is -0.389 e. The second kappa shape index (κ2) is 6.43. The van der Waals surface area contributed by atoms with Crippen LogP contribution in [0, 0.1) is 0 Å². The van der Waals surface area contributed by atoms with Gasteiger partial charge in [-0.15, -0.1) is 0 Å². The Morgan fingerprint density at radius 3 is 2.43 bits per heavy atom. The molecule has 2 rings (SSSR count). The molecule has 2 aromatic rings. The van der Waals surface area contributed by atoms with Crippen molar-refractivity contribution in [3.8, 4) is 0 Å². The normalized spacial score (nSPS) is 11.1. The summed E-state index contributed by atoms with van der Waals surface area (Å²) in [4.78, 5) is 0.256. The highest BCUT2D eigenvalue weighted by Gasteiger charge is 2.19. The molecule has 8 heteroatoms. The summed E-state index contributed by atoms with van der Waals surface area (Å²) in [6, 6.07) is 11.6. The number of hydrogen-bond acceptors (Lipinski definition) is 3. The van der Waals surface area contributed by atoms with Gasteiger partial charge in [-0.2, -0.15) is 0 Å². The first kappa shape index (κ1) is 16.4. The van der Waals surface area contributed by atoms with Crippen molar-refractivity contribution < 1.29 is 8.42 Å². The summed E-state index contributed by atoms with van der Waals surface area (Å²) in [5.41, 5.74) is 6.41. The van der Waals surface area contributed by atoms with E-state index in [1.165, 1.54) is 6.07 Å². The number of benzene rings is 2. The maximum atomic E-state index is 12.5. The average Bonchev–Trinajstić information content (AvgIpc) is 2.38. The zero-order chi connectivity index (χ0) is 15.6. The fourth-order valence-electron chi connectivity index (χ4n) is 1.68. The van der Waals surface area contributed by atoms with Gasteiger partial charge in [-0.1, -0.05) is 40.3 Å². The highest BCUT2D eigenvalue weighted by Crippen LogP contribution is 2.27. The molecule has 0 heterocycles. The molecule has 0 fully saturated rings. The molecule has 0 aliphatic heterocycles. The average molecular weight is 450 g/mol. The number of hydrogen-bond donors (Lipinski definition) is 2. The van der Waals surface area contributed by atoms with Crippen molar-refractivity contribution in [3.05, 3.63) is 57.0 Å². The number of nitrogens with two attached hydrogens (primary N) is 1. The van der Waals surface area contributed by atoms with Crippen LogP contribution in [0.25, 0.3) is 0 Å². The summed E-state index contributed by atoms with van der Waals surface area (Å²) < 4.78 is 28.6. The Kier molecular flexibility index (Phi) is 5.03. The van der Waals surface area contributed by atoms with Crippen molar-refractivity contribution in [1.29, 1.82) is 0 Å². The van der Waals surface area contributed by atoms with E-state index in [1.807, 2.05) is 0 Å². The lowest BCUT2D eigenvalue weighted by Crippen LogP contribution is -2.18. The van der Waals surface area contributed by atoms with Crippen molar-refractivity contribution in [2.24, 2.45) is 5.73 Å². The predicted molar refractivity (Wildman–Crippen MR) is 95.0 cm³/mol. The molecule has 0 bridgehead atoms. The Balaban J connectivity index is 2.49. The van der Waals surface area contributed by atoms with Crippen LogP contribution in [-0.2, 0) is 10.0 Å². The number of rotatable bonds is 4. The van der Waals surface area contributed by atoms with Gasteiger partial charge in [-0.05, 0) is 46.3 Å². The molecule has 0 aromatic heterocycles.